The fourth-order valence-electron chi connectivity index (χ4n) is 2.61. The molecule has 1 unspecified atom stereocenters. The van der Waals surface area contributed by atoms with Crippen molar-refractivity contribution in [2.24, 2.45) is 5.73 Å². The van der Waals surface area contributed by atoms with Gasteiger partial charge in [-0.05, 0) is 41.7 Å². The van der Waals surface area contributed by atoms with Gasteiger partial charge in [-0.1, -0.05) is 36.4 Å². The maximum atomic E-state index is 11.8. The Bertz CT molecular complexity index is 640. The molecule has 2 aromatic rings. The SMILES string of the molecule is NC1CCc2cc(NC(=O)OCc3ccccc3)ccc21. The third-order valence-electron chi connectivity index (χ3n) is 3.73. The molecule has 0 saturated heterocycles. The quantitative estimate of drug-likeness (QED) is 0.907. The number of amides is 1. The molecule has 0 heterocycles. The maximum absolute atomic E-state index is 11.8. The van der Waals surface area contributed by atoms with Gasteiger partial charge in [0.05, 0.1) is 0 Å². The van der Waals surface area contributed by atoms with Crippen LogP contribution < -0.4 is 11.1 Å². The molecule has 1 atom stereocenters. The van der Waals surface area contributed by atoms with Crippen molar-refractivity contribution in [1.82, 2.24) is 0 Å². The van der Waals surface area contributed by atoms with E-state index in [0.29, 0.717) is 0 Å². The zero-order valence-corrected chi connectivity index (χ0v) is 11.7. The van der Waals surface area contributed by atoms with E-state index in [1.165, 1.54) is 11.1 Å². The van der Waals surface area contributed by atoms with E-state index in [4.69, 9.17) is 10.5 Å². The second kappa shape index (κ2) is 5.97. The Morgan fingerprint density at radius 2 is 2.05 bits per heavy atom. The highest BCUT2D eigenvalue weighted by Crippen LogP contribution is 2.31. The van der Waals surface area contributed by atoms with Crippen LogP contribution in [0.1, 0.15) is 29.2 Å². The number of hydrogen-bond donors (Lipinski definition) is 2. The summed E-state index contributed by atoms with van der Waals surface area (Å²) in [6, 6.07) is 15.6. The molecule has 0 bridgehead atoms. The number of anilines is 1. The molecule has 4 nitrogen and oxygen atoms in total. The van der Waals surface area contributed by atoms with Gasteiger partial charge in [0.25, 0.3) is 0 Å². The molecular formula is C17H18N2O2. The van der Waals surface area contributed by atoms with Gasteiger partial charge < -0.3 is 10.5 Å². The van der Waals surface area contributed by atoms with Crippen LogP contribution in [0.25, 0.3) is 0 Å². The molecule has 0 aliphatic heterocycles. The number of benzene rings is 2. The molecule has 1 aliphatic rings. The molecule has 0 fully saturated rings. The molecule has 21 heavy (non-hydrogen) atoms. The molecule has 0 saturated carbocycles. The van der Waals surface area contributed by atoms with Gasteiger partial charge in [-0.2, -0.15) is 0 Å². The van der Waals surface area contributed by atoms with Crippen molar-refractivity contribution < 1.29 is 9.53 Å². The number of nitrogens with two attached hydrogens (primary N) is 1. The van der Waals surface area contributed by atoms with Crippen molar-refractivity contribution in [3.05, 3.63) is 65.2 Å². The normalized spacial score (nSPS) is 16.3. The smallest absolute Gasteiger partial charge is 0.411 e. The van der Waals surface area contributed by atoms with Crippen molar-refractivity contribution >= 4 is 11.8 Å². The Balaban J connectivity index is 1.58. The van der Waals surface area contributed by atoms with Crippen LogP contribution in [-0.2, 0) is 17.8 Å². The lowest BCUT2D eigenvalue weighted by atomic mass is 10.1. The number of aryl methyl sites for hydroxylation is 1. The highest BCUT2D eigenvalue weighted by atomic mass is 16.5. The molecule has 3 N–H and O–H groups in total. The minimum absolute atomic E-state index is 0.124. The maximum Gasteiger partial charge on any atom is 0.411 e. The Morgan fingerprint density at radius 3 is 2.86 bits per heavy atom. The molecule has 2 aromatic carbocycles. The molecule has 108 valence electrons. The van der Waals surface area contributed by atoms with Gasteiger partial charge in [-0.25, -0.2) is 4.79 Å². The van der Waals surface area contributed by atoms with Gasteiger partial charge >= 0.3 is 6.09 Å². The first-order valence-electron chi connectivity index (χ1n) is 7.08. The lowest BCUT2D eigenvalue weighted by Crippen LogP contribution is -2.13. The summed E-state index contributed by atoms with van der Waals surface area (Å²) >= 11 is 0. The van der Waals surface area contributed by atoms with E-state index in [1.807, 2.05) is 48.5 Å². The molecule has 0 radical (unpaired) electrons. The van der Waals surface area contributed by atoms with Gasteiger partial charge in [0.1, 0.15) is 6.61 Å². The third-order valence-corrected chi connectivity index (χ3v) is 3.73. The van der Waals surface area contributed by atoms with E-state index in [9.17, 15) is 4.79 Å². The number of carbonyl (C=O) groups excluding carboxylic acids is 1. The van der Waals surface area contributed by atoms with Crippen LogP contribution in [0.2, 0.25) is 0 Å². The summed E-state index contributed by atoms with van der Waals surface area (Å²) in [6.45, 7) is 0.266. The Labute approximate surface area is 123 Å². The largest absolute Gasteiger partial charge is 0.444 e. The molecule has 0 spiro atoms. The van der Waals surface area contributed by atoms with Crippen LogP contribution in [0.15, 0.2) is 48.5 Å². The van der Waals surface area contributed by atoms with Crippen LogP contribution in [-0.4, -0.2) is 6.09 Å². The summed E-state index contributed by atoms with van der Waals surface area (Å²) in [7, 11) is 0. The van der Waals surface area contributed by atoms with Crippen molar-refractivity contribution in [1.29, 1.82) is 0 Å². The van der Waals surface area contributed by atoms with E-state index < -0.39 is 6.09 Å². The number of hydrogen-bond acceptors (Lipinski definition) is 3. The molecule has 1 amide bonds. The van der Waals surface area contributed by atoms with Gasteiger partial charge in [-0.3, -0.25) is 5.32 Å². The van der Waals surface area contributed by atoms with E-state index >= 15 is 0 Å². The zero-order valence-electron chi connectivity index (χ0n) is 11.7. The monoisotopic (exact) mass is 282 g/mol. The van der Waals surface area contributed by atoms with Gasteiger partial charge in [0.2, 0.25) is 0 Å². The van der Waals surface area contributed by atoms with Gasteiger partial charge in [0, 0.05) is 11.7 Å². The van der Waals surface area contributed by atoms with E-state index in [2.05, 4.69) is 5.32 Å². The summed E-state index contributed by atoms with van der Waals surface area (Å²) in [5, 5.41) is 2.75. The Morgan fingerprint density at radius 1 is 1.24 bits per heavy atom. The van der Waals surface area contributed by atoms with Crippen molar-refractivity contribution in [2.45, 2.75) is 25.5 Å². The molecule has 0 aromatic heterocycles. The summed E-state index contributed by atoms with van der Waals surface area (Å²) < 4.78 is 5.20. The van der Waals surface area contributed by atoms with Crippen molar-refractivity contribution in [3.63, 3.8) is 0 Å². The first kappa shape index (κ1) is 13.6. The minimum Gasteiger partial charge on any atom is -0.444 e. The summed E-state index contributed by atoms with van der Waals surface area (Å²) in [6.07, 6.45) is 1.49. The van der Waals surface area contributed by atoms with Crippen molar-refractivity contribution in [3.8, 4) is 0 Å². The highest BCUT2D eigenvalue weighted by molar-refractivity contribution is 5.84. The number of ether oxygens (including phenoxy) is 1. The number of nitrogens with one attached hydrogen (secondary N) is 1. The van der Waals surface area contributed by atoms with Crippen LogP contribution >= 0.6 is 0 Å². The van der Waals surface area contributed by atoms with Gasteiger partial charge in [-0.15, -0.1) is 0 Å². The second-order valence-electron chi connectivity index (χ2n) is 5.25. The predicted octanol–water partition coefficient (Wildman–Crippen LogP) is 3.38. The molecule has 1 aliphatic carbocycles. The predicted molar refractivity (Wildman–Crippen MR) is 81.9 cm³/mol. The Hall–Kier alpha value is -2.33. The standard InChI is InChI=1S/C17H18N2O2/c18-16-9-6-13-10-14(7-8-15(13)16)19-17(20)21-11-12-4-2-1-3-5-12/h1-5,7-8,10,16H,6,9,11,18H2,(H,19,20). The van der Waals surface area contributed by atoms with Crippen LogP contribution in [0, 0.1) is 0 Å². The highest BCUT2D eigenvalue weighted by Gasteiger charge is 2.19. The lowest BCUT2D eigenvalue weighted by molar-refractivity contribution is 0.155. The van der Waals surface area contributed by atoms with Crippen LogP contribution in [0.4, 0.5) is 10.5 Å². The topological polar surface area (TPSA) is 64.3 Å². The zero-order chi connectivity index (χ0) is 14.7. The Kier molecular flexibility index (Phi) is 3.88. The lowest BCUT2D eigenvalue weighted by Gasteiger charge is -2.09. The minimum atomic E-state index is -0.443. The summed E-state index contributed by atoms with van der Waals surface area (Å²) in [4.78, 5) is 11.8. The first-order valence-corrected chi connectivity index (χ1v) is 7.08. The second-order valence-corrected chi connectivity index (χ2v) is 5.25. The molecule has 3 rings (SSSR count). The van der Waals surface area contributed by atoms with Crippen LogP contribution in [0.5, 0.6) is 0 Å². The summed E-state index contributed by atoms with van der Waals surface area (Å²) in [5.41, 5.74) is 10.1. The third kappa shape index (κ3) is 3.23. The van der Waals surface area contributed by atoms with Crippen molar-refractivity contribution in [2.75, 3.05) is 5.32 Å². The van der Waals surface area contributed by atoms with E-state index in [1.54, 1.807) is 0 Å². The van der Waals surface area contributed by atoms with E-state index in [-0.39, 0.29) is 12.6 Å². The summed E-state index contributed by atoms with van der Waals surface area (Å²) in [5.74, 6) is 0. The number of fused-ring (bicyclic) bond motifs is 1. The average Bonchev–Trinajstić information content (AvgIpc) is 2.87. The fourth-order valence-corrected chi connectivity index (χ4v) is 2.61. The fraction of sp³-hybridized carbons (Fsp3) is 0.235. The number of rotatable bonds is 3. The first-order chi connectivity index (χ1) is 10.2. The van der Waals surface area contributed by atoms with Gasteiger partial charge in [0.15, 0.2) is 0 Å². The van der Waals surface area contributed by atoms with Crippen LogP contribution in [0.3, 0.4) is 0 Å². The molecular weight excluding hydrogens is 264 g/mol. The average molecular weight is 282 g/mol. The van der Waals surface area contributed by atoms with E-state index in [0.717, 1.165) is 24.1 Å². The molecule has 4 heteroatoms. The number of carbonyl (C=O) groups is 1.